The molecule has 1 aromatic heterocycles. The summed E-state index contributed by atoms with van der Waals surface area (Å²) in [5.74, 6) is 3.01. The normalized spacial score (nSPS) is 31.0. The van der Waals surface area contributed by atoms with E-state index in [1.807, 2.05) is 24.3 Å². The number of para-hydroxylation sites is 2. The fourth-order valence-electron chi connectivity index (χ4n) is 6.39. The SMILES string of the molecule is CC(NC(=O)C12CC3CC(CC(C3)C1)C2)C(=O)NCCc1nc2ccccc2[nH]1. The Balaban J connectivity index is 1.13. The summed E-state index contributed by atoms with van der Waals surface area (Å²) in [6.07, 6.45) is 7.62. The second-order valence-electron chi connectivity index (χ2n) is 9.63. The smallest absolute Gasteiger partial charge is 0.242 e. The van der Waals surface area contributed by atoms with E-state index in [9.17, 15) is 9.59 Å². The maximum atomic E-state index is 13.1. The maximum Gasteiger partial charge on any atom is 0.242 e. The fraction of sp³-hybridized carbons (Fsp3) is 0.609. The first kappa shape index (κ1) is 18.6. The molecule has 6 nitrogen and oxygen atoms in total. The number of nitrogens with zero attached hydrogens (tertiary/aromatic N) is 1. The number of aromatic amines is 1. The molecular formula is C23H30N4O2. The van der Waals surface area contributed by atoms with E-state index in [2.05, 4.69) is 20.6 Å². The van der Waals surface area contributed by atoms with Gasteiger partial charge >= 0.3 is 0 Å². The lowest BCUT2D eigenvalue weighted by Crippen LogP contribution is -2.56. The summed E-state index contributed by atoms with van der Waals surface area (Å²) in [6, 6.07) is 7.39. The number of carbonyl (C=O) groups is 2. The van der Waals surface area contributed by atoms with Crippen molar-refractivity contribution in [1.82, 2.24) is 20.6 Å². The van der Waals surface area contributed by atoms with Crippen LogP contribution in [0, 0.1) is 23.2 Å². The molecule has 4 aliphatic rings. The minimum Gasteiger partial charge on any atom is -0.354 e. The summed E-state index contributed by atoms with van der Waals surface area (Å²) in [5.41, 5.74) is 1.73. The quantitative estimate of drug-likeness (QED) is 0.704. The highest BCUT2D eigenvalue weighted by Gasteiger charge is 2.54. The Morgan fingerprint density at radius 2 is 1.79 bits per heavy atom. The molecule has 1 heterocycles. The van der Waals surface area contributed by atoms with Gasteiger partial charge in [-0.15, -0.1) is 0 Å². The summed E-state index contributed by atoms with van der Waals surface area (Å²) in [6.45, 7) is 2.28. The Kier molecular flexibility index (Phi) is 4.60. The van der Waals surface area contributed by atoms with Crippen molar-refractivity contribution in [2.45, 2.75) is 57.9 Å². The Morgan fingerprint density at radius 3 is 2.45 bits per heavy atom. The summed E-state index contributed by atoms with van der Waals surface area (Å²) in [4.78, 5) is 33.4. The molecule has 4 bridgehead atoms. The van der Waals surface area contributed by atoms with Gasteiger partial charge in [-0.3, -0.25) is 9.59 Å². The maximum absolute atomic E-state index is 13.1. The predicted octanol–water partition coefficient (Wildman–Crippen LogP) is 2.94. The molecule has 4 aliphatic carbocycles. The van der Waals surface area contributed by atoms with Crippen LogP contribution >= 0.6 is 0 Å². The number of nitrogens with one attached hydrogen (secondary N) is 3. The van der Waals surface area contributed by atoms with Crippen LogP contribution in [0.2, 0.25) is 0 Å². The van der Waals surface area contributed by atoms with Crippen LogP contribution in [0.25, 0.3) is 11.0 Å². The zero-order chi connectivity index (χ0) is 20.0. The summed E-state index contributed by atoms with van der Waals surface area (Å²) in [7, 11) is 0. The van der Waals surface area contributed by atoms with Gasteiger partial charge in [-0.1, -0.05) is 12.1 Å². The number of imidazole rings is 1. The monoisotopic (exact) mass is 394 g/mol. The van der Waals surface area contributed by atoms with E-state index in [0.717, 1.165) is 53.9 Å². The largest absolute Gasteiger partial charge is 0.354 e. The van der Waals surface area contributed by atoms with Gasteiger partial charge < -0.3 is 15.6 Å². The molecule has 6 rings (SSSR count). The third kappa shape index (κ3) is 3.53. The molecule has 1 aromatic carbocycles. The minimum atomic E-state index is -0.508. The van der Waals surface area contributed by atoms with Crippen LogP contribution in [0.4, 0.5) is 0 Å². The number of amides is 2. The van der Waals surface area contributed by atoms with Crippen molar-refractivity contribution < 1.29 is 9.59 Å². The van der Waals surface area contributed by atoms with Crippen LogP contribution in [0.15, 0.2) is 24.3 Å². The highest BCUT2D eigenvalue weighted by Crippen LogP contribution is 2.60. The molecule has 2 amide bonds. The summed E-state index contributed by atoms with van der Waals surface area (Å²) in [5, 5.41) is 5.97. The number of carbonyl (C=O) groups excluding carboxylic acids is 2. The van der Waals surface area contributed by atoms with E-state index in [1.165, 1.54) is 19.3 Å². The van der Waals surface area contributed by atoms with Crippen LogP contribution in [-0.4, -0.2) is 34.4 Å². The Morgan fingerprint density at radius 1 is 1.14 bits per heavy atom. The molecular weight excluding hydrogens is 364 g/mol. The Bertz CT molecular complexity index is 866. The predicted molar refractivity (Wildman–Crippen MR) is 111 cm³/mol. The van der Waals surface area contributed by atoms with Crippen LogP contribution < -0.4 is 10.6 Å². The molecule has 0 spiro atoms. The topological polar surface area (TPSA) is 86.9 Å². The molecule has 1 unspecified atom stereocenters. The molecule has 0 saturated heterocycles. The Hall–Kier alpha value is -2.37. The van der Waals surface area contributed by atoms with E-state index in [-0.39, 0.29) is 17.2 Å². The van der Waals surface area contributed by atoms with Gasteiger partial charge in [-0.05, 0) is 75.3 Å². The van der Waals surface area contributed by atoms with E-state index < -0.39 is 6.04 Å². The lowest BCUT2D eigenvalue weighted by molar-refractivity contribution is -0.148. The van der Waals surface area contributed by atoms with E-state index in [4.69, 9.17) is 0 Å². The molecule has 4 saturated carbocycles. The molecule has 4 fully saturated rings. The number of fused-ring (bicyclic) bond motifs is 1. The first-order chi connectivity index (χ1) is 14.0. The van der Waals surface area contributed by atoms with Crippen molar-refractivity contribution in [3.63, 3.8) is 0 Å². The number of rotatable bonds is 6. The molecule has 154 valence electrons. The van der Waals surface area contributed by atoms with Crippen molar-refractivity contribution in [3.05, 3.63) is 30.1 Å². The molecule has 0 aliphatic heterocycles. The van der Waals surface area contributed by atoms with Gasteiger partial charge in [0, 0.05) is 18.4 Å². The van der Waals surface area contributed by atoms with Crippen molar-refractivity contribution in [3.8, 4) is 0 Å². The molecule has 2 aromatic rings. The van der Waals surface area contributed by atoms with E-state index in [0.29, 0.717) is 13.0 Å². The third-order valence-corrected chi connectivity index (χ3v) is 7.36. The standard InChI is InChI=1S/C23H30N4O2/c1-14(21(28)24-7-6-20-26-18-4-2-3-5-19(18)27-20)25-22(29)23-11-15-8-16(12-23)10-17(9-15)13-23/h2-5,14-17H,6-13H2,1H3,(H,24,28)(H,25,29)(H,26,27). The van der Waals surface area contributed by atoms with Gasteiger partial charge in [-0.25, -0.2) is 4.98 Å². The van der Waals surface area contributed by atoms with Gasteiger partial charge in [0.25, 0.3) is 0 Å². The van der Waals surface area contributed by atoms with Gasteiger partial charge in [0.05, 0.1) is 11.0 Å². The van der Waals surface area contributed by atoms with Crippen molar-refractivity contribution in [1.29, 1.82) is 0 Å². The molecule has 29 heavy (non-hydrogen) atoms. The number of aromatic nitrogens is 2. The zero-order valence-corrected chi connectivity index (χ0v) is 17.0. The van der Waals surface area contributed by atoms with Gasteiger partial charge in [0.1, 0.15) is 11.9 Å². The molecule has 3 N–H and O–H groups in total. The number of hydrogen-bond donors (Lipinski definition) is 3. The first-order valence-corrected chi connectivity index (χ1v) is 11.0. The summed E-state index contributed by atoms with van der Waals surface area (Å²) < 4.78 is 0. The van der Waals surface area contributed by atoms with Crippen LogP contribution in [0.5, 0.6) is 0 Å². The van der Waals surface area contributed by atoms with E-state index in [1.54, 1.807) is 6.92 Å². The van der Waals surface area contributed by atoms with E-state index >= 15 is 0 Å². The Labute approximate surface area is 171 Å². The fourth-order valence-corrected chi connectivity index (χ4v) is 6.39. The zero-order valence-electron chi connectivity index (χ0n) is 17.0. The van der Waals surface area contributed by atoms with Crippen molar-refractivity contribution in [2.24, 2.45) is 23.2 Å². The van der Waals surface area contributed by atoms with Crippen LogP contribution in [-0.2, 0) is 16.0 Å². The minimum absolute atomic E-state index is 0.108. The molecule has 6 heteroatoms. The number of H-pyrrole nitrogens is 1. The second-order valence-corrected chi connectivity index (χ2v) is 9.63. The lowest BCUT2D eigenvalue weighted by Gasteiger charge is -2.55. The lowest BCUT2D eigenvalue weighted by atomic mass is 9.49. The molecule has 1 atom stereocenters. The van der Waals surface area contributed by atoms with Gasteiger partial charge in [-0.2, -0.15) is 0 Å². The average Bonchev–Trinajstić information content (AvgIpc) is 3.09. The average molecular weight is 395 g/mol. The first-order valence-electron chi connectivity index (χ1n) is 11.0. The van der Waals surface area contributed by atoms with Crippen LogP contribution in [0.3, 0.4) is 0 Å². The summed E-state index contributed by atoms with van der Waals surface area (Å²) >= 11 is 0. The van der Waals surface area contributed by atoms with Gasteiger partial charge in [0.2, 0.25) is 11.8 Å². The number of hydrogen-bond acceptors (Lipinski definition) is 3. The second kappa shape index (κ2) is 7.15. The highest BCUT2D eigenvalue weighted by atomic mass is 16.2. The van der Waals surface area contributed by atoms with Crippen molar-refractivity contribution in [2.75, 3.05) is 6.54 Å². The molecule has 0 radical (unpaired) electrons. The third-order valence-electron chi connectivity index (χ3n) is 7.36. The van der Waals surface area contributed by atoms with Gasteiger partial charge in [0.15, 0.2) is 0 Å². The van der Waals surface area contributed by atoms with Crippen LogP contribution in [0.1, 0.15) is 51.3 Å². The van der Waals surface area contributed by atoms with Crippen molar-refractivity contribution >= 4 is 22.8 Å². The highest BCUT2D eigenvalue weighted by molar-refractivity contribution is 5.90. The number of benzene rings is 1.